The van der Waals surface area contributed by atoms with Crippen LogP contribution in [0.1, 0.15) is 19.3 Å². The predicted octanol–water partition coefficient (Wildman–Crippen LogP) is 1.70. The maximum Gasteiger partial charge on any atom is 0.223 e. The van der Waals surface area contributed by atoms with Crippen LogP contribution >= 0.6 is 11.6 Å². The molecule has 1 saturated heterocycles. The Morgan fingerprint density at radius 1 is 1.40 bits per heavy atom. The van der Waals surface area contributed by atoms with Gasteiger partial charge in [-0.3, -0.25) is 0 Å². The van der Waals surface area contributed by atoms with E-state index >= 15 is 0 Å². The van der Waals surface area contributed by atoms with Crippen LogP contribution in [0.15, 0.2) is 6.07 Å². The van der Waals surface area contributed by atoms with Gasteiger partial charge in [0.05, 0.1) is 0 Å². The molecule has 2 heterocycles. The van der Waals surface area contributed by atoms with Crippen molar-refractivity contribution in [3.8, 4) is 0 Å². The molecule has 80 valence electrons. The number of nitrogens with two attached hydrogens (primary N) is 1. The van der Waals surface area contributed by atoms with Crippen LogP contribution in [0, 0.1) is 5.92 Å². The number of aromatic nitrogens is 2. The molecule has 3 rings (SSSR count). The third-order valence-corrected chi connectivity index (χ3v) is 3.60. The van der Waals surface area contributed by atoms with Gasteiger partial charge in [0.1, 0.15) is 11.0 Å². The van der Waals surface area contributed by atoms with Crippen molar-refractivity contribution in [2.45, 2.75) is 25.3 Å². The van der Waals surface area contributed by atoms with Crippen molar-refractivity contribution in [3.63, 3.8) is 0 Å². The van der Waals surface area contributed by atoms with E-state index in [0.717, 1.165) is 18.3 Å². The molecule has 1 aromatic rings. The molecule has 0 radical (unpaired) electrons. The van der Waals surface area contributed by atoms with Crippen molar-refractivity contribution >= 4 is 23.4 Å². The average Bonchev–Trinajstić information content (AvgIpc) is 2.76. The molecule has 1 aliphatic carbocycles. The maximum absolute atomic E-state index is 5.87. The van der Waals surface area contributed by atoms with Gasteiger partial charge in [0.15, 0.2) is 0 Å². The lowest BCUT2D eigenvalue weighted by molar-refractivity contribution is 0.550. The van der Waals surface area contributed by atoms with Crippen molar-refractivity contribution in [2.75, 3.05) is 17.2 Å². The molecular formula is C10H13ClN4. The zero-order valence-electron chi connectivity index (χ0n) is 8.36. The Morgan fingerprint density at radius 3 is 2.87 bits per heavy atom. The number of hydrogen-bond donors (Lipinski definition) is 1. The topological polar surface area (TPSA) is 55.0 Å². The highest BCUT2D eigenvalue weighted by Crippen LogP contribution is 2.39. The molecule has 1 aromatic heterocycles. The van der Waals surface area contributed by atoms with Gasteiger partial charge in [0.2, 0.25) is 5.95 Å². The van der Waals surface area contributed by atoms with Crippen LogP contribution in [0.5, 0.6) is 0 Å². The van der Waals surface area contributed by atoms with E-state index in [0.29, 0.717) is 11.2 Å². The first-order valence-electron chi connectivity index (χ1n) is 5.29. The van der Waals surface area contributed by atoms with Crippen molar-refractivity contribution < 1.29 is 0 Å². The van der Waals surface area contributed by atoms with E-state index in [4.69, 9.17) is 17.3 Å². The molecule has 2 aliphatic rings. The number of hydrogen-bond acceptors (Lipinski definition) is 4. The third kappa shape index (κ3) is 1.53. The van der Waals surface area contributed by atoms with E-state index in [9.17, 15) is 0 Å². The maximum atomic E-state index is 5.87. The molecular weight excluding hydrogens is 212 g/mol. The number of piperidine rings is 1. The summed E-state index contributed by atoms with van der Waals surface area (Å²) in [4.78, 5) is 10.4. The Labute approximate surface area is 93.5 Å². The molecule has 0 aromatic carbocycles. The second kappa shape index (κ2) is 3.23. The van der Waals surface area contributed by atoms with Gasteiger partial charge in [-0.15, -0.1) is 0 Å². The van der Waals surface area contributed by atoms with Gasteiger partial charge in [0.25, 0.3) is 0 Å². The number of anilines is 2. The summed E-state index contributed by atoms with van der Waals surface area (Å²) in [7, 11) is 0. The molecule has 5 heteroatoms. The van der Waals surface area contributed by atoms with Crippen LogP contribution in [-0.4, -0.2) is 22.6 Å². The lowest BCUT2D eigenvalue weighted by atomic mass is 10.1. The van der Waals surface area contributed by atoms with Gasteiger partial charge in [-0.2, -0.15) is 4.98 Å². The largest absolute Gasteiger partial charge is 0.368 e. The molecule has 2 N–H and O–H groups in total. The second-order valence-corrected chi connectivity index (χ2v) is 4.78. The molecule has 1 aliphatic heterocycles. The zero-order valence-corrected chi connectivity index (χ0v) is 9.11. The normalized spacial score (nSPS) is 28.7. The summed E-state index contributed by atoms with van der Waals surface area (Å²) >= 11 is 5.87. The summed E-state index contributed by atoms with van der Waals surface area (Å²) in [6.45, 7) is 1.09. The lowest BCUT2D eigenvalue weighted by Gasteiger charge is -2.28. The summed E-state index contributed by atoms with van der Waals surface area (Å²) in [5.41, 5.74) is 5.59. The Bertz CT molecular complexity index is 375. The fraction of sp³-hybridized carbons (Fsp3) is 0.600. The molecule has 0 spiro atoms. The molecule has 2 unspecified atom stereocenters. The predicted molar refractivity (Wildman–Crippen MR) is 59.9 cm³/mol. The van der Waals surface area contributed by atoms with Gasteiger partial charge >= 0.3 is 0 Å². The van der Waals surface area contributed by atoms with Crippen molar-refractivity contribution in [2.24, 2.45) is 5.92 Å². The minimum Gasteiger partial charge on any atom is -0.368 e. The minimum absolute atomic E-state index is 0.264. The quantitative estimate of drug-likeness (QED) is 0.738. The SMILES string of the molecule is Nc1nc(Cl)cc(N2CC3CCC2C3)n1. The summed E-state index contributed by atoms with van der Waals surface area (Å²) in [5.74, 6) is 1.99. The minimum atomic E-state index is 0.264. The summed E-state index contributed by atoms with van der Waals surface area (Å²) in [6, 6.07) is 2.44. The van der Waals surface area contributed by atoms with E-state index in [2.05, 4.69) is 14.9 Å². The summed E-state index contributed by atoms with van der Waals surface area (Å²) in [5, 5.41) is 0.431. The fourth-order valence-corrected chi connectivity index (χ4v) is 2.96. The van der Waals surface area contributed by atoms with Crippen molar-refractivity contribution in [3.05, 3.63) is 11.2 Å². The molecule has 1 saturated carbocycles. The number of fused-ring (bicyclic) bond motifs is 2. The number of rotatable bonds is 1. The second-order valence-electron chi connectivity index (χ2n) is 4.39. The van der Waals surface area contributed by atoms with E-state index in [1.54, 1.807) is 6.07 Å². The van der Waals surface area contributed by atoms with E-state index in [1.165, 1.54) is 19.3 Å². The van der Waals surface area contributed by atoms with Gasteiger partial charge < -0.3 is 10.6 Å². The molecule has 4 nitrogen and oxygen atoms in total. The first-order valence-corrected chi connectivity index (χ1v) is 5.67. The molecule has 2 bridgehead atoms. The smallest absolute Gasteiger partial charge is 0.223 e. The Morgan fingerprint density at radius 2 is 2.27 bits per heavy atom. The highest BCUT2D eigenvalue weighted by Gasteiger charge is 2.38. The third-order valence-electron chi connectivity index (χ3n) is 3.40. The molecule has 0 amide bonds. The monoisotopic (exact) mass is 224 g/mol. The first kappa shape index (κ1) is 9.21. The van der Waals surface area contributed by atoms with Crippen LogP contribution in [-0.2, 0) is 0 Å². The highest BCUT2D eigenvalue weighted by molar-refractivity contribution is 6.29. The lowest BCUT2D eigenvalue weighted by Crippen LogP contribution is -2.32. The average molecular weight is 225 g/mol. The molecule has 15 heavy (non-hydrogen) atoms. The highest BCUT2D eigenvalue weighted by atomic mass is 35.5. The molecule has 2 fully saturated rings. The molecule has 2 atom stereocenters. The zero-order chi connectivity index (χ0) is 10.4. The van der Waals surface area contributed by atoms with Crippen molar-refractivity contribution in [1.82, 2.24) is 9.97 Å². The Balaban J connectivity index is 1.93. The van der Waals surface area contributed by atoms with E-state index in [-0.39, 0.29) is 5.95 Å². The first-order chi connectivity index (χ1) is 7.22. The van der Waals surface area contributed by atoms with Crippen LogP contribution < -0.4 is 10.6 Å². The van der Waals surface area contributed by atoms with Crippen molar-refractivity contribution in [1.29, 1.82) is 0 Å². The number of nitrogens with zero attached hydrogens (tertiary/aromatic N) is 3. The van der Waals surface area contributed by atoms with Crippen LogP contribution in [0.25, 0.3) is 0 Å². The Kier molecular flexibility index (Phi) is 1.99. The Hall–Kier alpha value is -1.03. The van der Waals surface area contributed by atoms with Crippen LogP contribution in [0.4, 0.5) is 11.8 Å². The summed E-state index contributed by atoms with van der Waals surface area (Å²) in [6.07, 6.45) is 3.92. The number of halogens is 1. The van der Waals surface area contributed by atoms with Gasteiger partial charge in [0, 0.05) is 18.7 Å². The number of nitrogen functional groups attached to an aromatic ring is 1. The fourth-order valence-electron chi connectivity index (χ4n) is 2.78. The van der Waals surface area contributed by atoms with Gasteiger partial charge in [-0.1, -0.05) is 11.6 Å². The van der Waals surface area contributed by atoms with Gasteiger partial charge in [-0.25, -0.2) is 4.98 Å². The van der Waals surface area contributed by atoms with E-state index in [1.807, 2.05) is 0 Å². The van der Waals surface area contributed by atoms with E-state index < -0.39 is 0 Å². The summed E-state index contributed by atoms with van der Waals surface area (Å²) < 4.78 is 0. The van der Waals surface area contributed by atoms with Crippen LogP contribution in [0.2, 0.25) is 5.15 Å². The standard InChI is InChI=1S/C10H13ClN4/c11-8-4-9(14-10(12)13-8)15-5-6-1-2-7(15)3-6/h4,6-7H,1-3,5H2,(H2,12,13,14). The van der Waals surface area contributed by atoms with Gasteiger partial charge in [-0.05, 0) is 25.2 Å². The van der Waals surface area contributed by atoms with Crippen LogP contribution in [0.3, 0.4) is 0 Å².